The molecule has 0 aliphatic rings. The molecule has 0 saturated carbocycles. The van der Waals surface area contributed by atoms with Crippen LogP contribution in [0.4, 0.5) is 5.69 Å². The van der Waals surface area contributed by atoms with Crippen LogP contribution in [0.5, 0.6) is 5.75 Å². The molecular formula is C20H18N2O4S. The van der Waals surface area contributed by atoms with Gasteiger partial charge in [-0.1, -0.05) is 18.2 Å². The van der Waals surface area contributed by atoms with E-state index >= 15 is 0 Å². The molecule has 0 unspecified atom stereocenters. The molecule has 0 aliphatic carbocycles. The highest BCUT2D eigenvalue weighted by molar-refractivity contribution is 8.03. The van der Waals surface area contributed by atoms with Gasteiger partial charge in [0.25, 0.3) is 5.91 Å². The minimum atomic E-state index is -0.631. The summed E-state index contributed by atoms with van der Waals surface area (Å²) in [4.78, 5) is 24.6. The van der Waals surface area contributed by atoms with Crippen LogP contribution in [0.15, 0.2) is 53.4 Å². The van der Waals surface area contributed by atoms with Crippen molar-refractivity contribution in [3.63, 3.8) is 0 Å². The van der Waals surface area contributed by atoms with Gasteiger partial charge in [-0.25, -0.2) is 4.79 Å². The monoisotopic (exact) mass is 382 g/mol. The molecule has 2 aromatic carbocycles. The first-order chi connectivity index (χ1) is 13.0. The zero-order chi connectivity index (χ0) is 19.6. The predicted molar refractivity (Wildman–Crippen MR) is 104 cm³/mol. The molecule has 27 heavy (non-hydrogen) atoms. The van der Waals surface area contributed by atoms with E-state index in [2.05, 4.69) is 5.32 Å². The number of methoxy groups -OCH3 is 1. The molecule has 6 nitrogen and oxygen atoms in total. The lowest BCUT2D eigenvalue weighted by Crippen LogP contribution is -2.20. The van der Waals surface area contributed by atoms with Crippen LogP contribution < -0.4 is 10.1 Å². The van der Waals surface area contributed by atoms with Gasteiger partial charge < -0.3 is 14.8 Å². The van der Waals surface area contributed by atoms with Crippen molar-refractivity contribution in [3.05, 3.63) is 59.7 Å². The highest BCUT2D eigenvalue weighted by Crippen LogP contribution is 2.23. The summed E-state index contributed by atoms with van der Waals surface area (Å²) in [7, 11) is 1.54. The Balaban J connectivity index is 1.87. The van der Waals surface area contributed by atoms with E-state index in [-0.39, 0.29) is 0 Å². The van der Waals surface area contributed by atoms with Crippen LogP contribution in [0, 0.1) is 17.6 Å². The number of benzene rings is 2. The normalized spacial score (nSPS) is 10.3. The fourth-order valence-corrected chi connectivity index (χ4v) is 2.70. The third-order valence-electron chi connectivity index (χ3n) is 3.52. The fourth-order valence-electron chi connectivity index (χ4n) is 2.23. The van der Waals surface area contributed by atoms with Crippen molar-refractivity contribution in [1.82, 2.24) is 0 Å². The molecule has 0 aliphatic heterocycles. The second-order valence-electron chi connectivity index (χ2n) is 5.40. The Morgan fingerprint density at radius 3 is 2.74 bits per heavy atom. The van der Waals surface area contributed by atoms with Crippen LogP contribution in [0.2, 0.25) is 0 Å². The summed E-state index contributed by atoms with van der Waals surface area (Å²) in [6.45, 7) is 1.42. The van der Waals surface area contributed by atoms with Crippen molar-refractivity contribution in [1.29, 1.82) is 5.26 Å². The van der Waals surface area contributed by atoms with E-state index in [1.54, 1.807) is 43.5 Å². The number of esters is 1. The lowest BCUT2D eigenvalue weighted by atomic mass is 10.2. The summed E-state index contributed by atoms with van der Waals surface area (Å²) in [5, 5.41) is 13.3. The van der Waals surface area contributed by atoms with E-state index in [9.17, 15) is 9.59 Å². The number of hydrogen-bond acceptors (Lipinski definition) is 6. The van der Waals surface area contributed by atoms with Gasteiger partial charge in [-0.15, -0.1) is 0 Å². The summed E-state index contributed by atoms with van der Waals surface area (Å²) in [6.07, 6.45) is 2.80. The number of thioether (sulfide) groups is 1. The number of amides is 1. The Bertz CT molecular complexity index is 903. The number of thiocyanates is 1. The number of rotatable bonds is 7. The molecule has 2 rings (SSSR count). The van der Waals surface area contributed by atoms with Gasteiger partial charge in [0, 0.05) is 22.2 Å². The smallest absolute Gasteiger partial charge is 0.331 e. The molecule has 0 radical (unpaired) electrons. The lowest BCUT2D eigenvalue weighted by molar-refractivity contribution is -0.142. The Labute approximate surface area is 161 Å². The largest absolute Gasteiger partial charge is 0.496 e. The quantitative estimate of drug-likeness (QED) is 0.339. The van der Waals surface area contributed by atoms with Crippen LogP contribution in [-0.4, -0.2) is 25.6 Å². The predicted octanol–water partition coefficient (Wildman–Crippen LogP) is 3.77. The number of aryl methyl sites for hydroxylation is 1. The van der Waals surface area contributed by atoms with E-state index in [1.165, 1.54) is 6.08 Å². The molecule has 0 atom stereocenters. The van der Waals surface area contributed by atoms with Crippen LogP contribution in [0.3, 0.4) is 0 Å². The number of anilines is 1. The molecule has 0 heterocycles. The van der Waals surface area contributed by atoms with E-state index in [1.807, 2.05) is 24.5 Å². The van der Waals surface area contributed by atoms with E-state index in [0.717, 1.165) is 27.8 Å². The second-order valence-corrected chi connectivity index (χ2v) is 6.26. The Morgan fingerprint density at radius 2 is 2.04 bits per heavy atom. The van der Waals surface area contributed by atoms with E-state index < -0.39 is 18.5 Å². The third-order valence-corrected chi connectivity index (χ3v) is 4.10. The average Bonchev–Trinajstić information content (AvgIpc) is 2.67. The third kappa shape index (κ3) is 6.20. The van der Waals surface area contributed by atoms with Gasteiger partial charge in [0.2, 0.25) is 0 Å². The summed E-state index contributed by atoms with van der Waals surface area (Å²) in [5.74, 6) is -0.445. The first kappa shape index (κ1) is 20.1. The number of nitrogens with zero attached hydrogens (tertiary/aromatic N) is 1. The zero-order valence-electron chi connectivity index (χ0n) is 14.9. The maximum atomic E-state index is 12.0. The molecule has 1 amide bonds. The number of hydrogen-bond donors (Lipinski definition) is 1. The van der Waals surface area contributed by atoms with Crippen molar-refractivity contribution in [2.45, 2.75) is 11.8 Å². The Kier molecular flexibility index (Phi) is 7.47. The molecule has 0 spiro atoms. The summed E-state index contributed by atoms with van der Waals surface area (Å²) >= 11 is 1.04. The van der Waals surface area contributed by atoms with Crippen molar-refractivity contribution < 1.29 is 19.1 Å². The number of nitriles is 1. The zero-order valence-corrected chi connectivity index (χ0v) is 15.7. The summed E-state index contributed by atoms with van der Waals surface area (Å²) in [5.41, 5.74) is 2.14. The lowest BCUT2D eigenvalue weighted by Gasteiger charge is -2.09. The number of ether oxygens (including phenoxy) is 2. The van der Waals surface area contributed by atoms with Crippen molar-refractivity contribution >= 4 is 35.4 Å². The first-order valence-electron chi connectivity index (χ1n) is 7.97. The second kappa shape index (κ2) is 10.0. The SMILES string of the molecule is COc1ccccc1/C=C/C(=O)OCC(=O)Nc1ccc(SC#N)cc1C. The Hall–Kier alpha value is -3.24. The van der Waals surface area contributed by atoms with Gasteiger partial charge in [-0.2, -0.15) is 5.26 Å². The molecule has 7 heteroatoms. The minimum absolute atomic E-state index is 0.400. The standard InChI is InChI=1S/C20H18N2O4S/c1-14-11-16(27-13-21)8-9-17(14)22-19(23)12-26-20(24)10-7-15-5-3-4-6-18(15)25-2/h3-11H,12H2,1-2H3,(H,22,23)/b10-7+. The van der Waals surface area contributed by atoms with Crippen molar-refractivity contribution in [2.75, 3.05) is 19.0 Å². The highest BCUT2D eigenvalue weighted by Gasteiger charge is 2.08. The van der Waals surface area contributed by atoms with Gasteiger partial charge in [0.1, 0.15) is 11.2 Å². The van der Waals surface area contributed by atoms with Gasteiger partial charge in [0.05, 0.1) is 7.11 Å². The molecule has 0 saturated heterocycles. The number of carbonyl (C=O) groups excluding carboxylic acids is 2. The number of nitrogens with one attached hydrogen (secondary N) is 1. The highest BCUT2D eigenvalue weighted by atomic mass is 32.2. The maximum Gasteiger partial charge on any atom is 0.331 e. The molecule has 0 fully saturated rings. The van der Waals surface area contributed by atoms with E-state index in [0.29, 0.717) is 11.4 Å². The molecular weight excluding hydrogens is 364 g/mol. The van der Waals surface area contributed by atoms with Crippen LogP contribution in [-0.2, 0) is 14.3 Å². The molecule has 0 aromatic heterocycles. The molecule has 0 bridgehead atoms. The molecule has 138 valence electrons. The summed E-state index contributed by atoms with van der Waals surface area (Å²) < 4.78 is 10.1. The fraction of sp³-hybridized carbons (Fsp3) is 0.150. The number of carbonyl (C=O) groups is 2. The van der Waals surface area contributed by atoms with Crippen LogP contribution in [0.25, 0.3) is 6.08 Å². The van der Waals surface area contributed by atoms with Gasteiger partial charge in [0.15, 0.2) is 6.61 Å². The van der Waals surface area contributed by atoms with Gasteiger partial charge in [-0.05, 0) is 54.6 Å². The van der Waals surface area contributed by atoms with Crippen molar-refractivity contribution in [2.24, 2.45) is 0 Å². The topological polar surface area (TPSA) is 88.4 Å². The Morgan fingerprint density at radius 1 is 1.26 bits per heavy atom. The molecule has 1 N–H and O–H groups in total. The summed E-state index contributed by atoms with van der Waals surface area (Å²) in [6, 6.07) is 12.5. The van der Waals surface area contributed by atoms with E-state index in [4.69, 9.17) is 14.7 Å². The number of para-hydroxylation sites is 1. The van der Waals surface area contributed by atoms with Crippen molar-refractivity contribution in [3.8, 4) is 11.2 Å². The van der Waals surface area contributed by atoms with Crippen LogP contribution in [0.1, 0.15) is 11.1 Å². The van der Waals surface area contributed by atoms with Crippen LogP contribution >= 0.6 is 11.8 Å². The minimum Gasteiger partial charge on any atom is -0.496 e. The van der Waals surface area contributed by atoms with Gasteiger partial charge in [-0.3, -0.25) is 4.79 Å². The van der Waals surface area contributed by atoms with Gasteiger partial charge >= 0.3 is 5.97 Å². The average molecular weight is 382 g/mol. The molecule has 2 aromatic rings. The first-order valence-corrected chi connectivity index (χ1v) is 8.79. The maximum absolute atomic E-state index is 12.0.